The van der Waals surface area contributed by atoms with Crippen LogP contribution in [0.4, 0.5) is 5.69 Å². The molecule has 104 valence electrons. The molecule has 0 heterocycles. The fraction of sp³-hybridized carbons (Fsp3) is 0.0714. The highest BCUT2D eigenvalue weighted by Gasteiger charge is 2.07. The van der Waals surface area contributed by atoms with E-state index in [0.29, 0.717) is 21.5 Å². The molecule has 0 aliphatic heterocycles. The minimum Gasteiger partial charge on any atom is -0.324 e. The van der Waals surface area contributed by atoms with E-state index in [1.54, 1.807) is 24.3 Å². The van der Waals surface area contributed by atoms with Gasteiger partial charge in [0.1, 0.15) is 0 Å². The van der Waals surface area contributed by atoms with Crippen molar-refractivity contribution in [3.8, 4) is 0 Å². The summed E-state index contributed by atoms with van der Waals surface area (Å²) in [6.07, 6.45) is 0. The number of carbonyl (C=O) groups excluding carboxylic acids is 1. The van der Waals surface area contributed by atoms with Gasteiger partial charge in [0, 0.05) is 14.4 Å². The van der Waals surface area contributed by atoms with Gasteiger partial charge in [0.15, 0.2) is 0 Å². The normalized spacial score (nSPS) is 10.3. The predicted octanol–water partition coefficient (Wildman–Crippen LogP) is 5.49. The van der Waals surface area contributed by atoms with Gasteiger partial charge in [-0.15, -0.1) is 11.8 Å². The summed E-state index contributed by atoms with van der Waals surface area (Å²) in [7, 11) is 0. The third-order valence-electron chi connectivity index (χ3n) is 2.39. The third kappa shape index (κ3) is 4.70. The highest BCUT2D eigenvalue weighted by atomic mass is 79.9. The highest BCUT2D eigenvalue weighted by molar-refractivity contribution is 9.10. The Kier molecular flexibility index (Phi) is 5.78. The summed E-state index contributed by atoms with van der Waals surface area (Å²) in [6, 6.07) is 12.7. The van der Waals surface area contributed by atoms with Crippen molar-refractivity contribution in [2.75, 3.05) is 11.1 Å². The van der Waals surface area contributed by atoms with Gasteiger partial charge in [0.2, 0.25) is 5.91 Å². The molecule has 0 unspecified atom stereocenters. The second kappa shape index (κ2) is 7.36. The summed E-state index contributed by atoms with van der Waals surface area (Å²) in [5, 5.41) is 3.97. The molecule has 2 nitrogen and oxygen atoms in total. The molecule has 0 spiro atoms. The van der Waals surface area contributed by atoms with Gasteiger partial charge in [-0.3, -0.25) is 4.79 Å². The number of halogens is 3. The summed E-state index contributed by atoms with van der Waals surface area (Å²) in [5.74, 6) is 0.211. The molecule has 6 heteroatoms. The van der Waals surface area contributed by atoms with Crippen molar-refractivity contribution in [1.82, 2.24) is 0 Å². The molecule has 20 heavy (non-hydrogen) atoms. The van der Waals surface area contributed by atoms with Crippen molar-refractivity contribution < 1.29 is 4.79 Å². The van der Waals surface area contributed by atoms with Gasteiger partial charge in [0.05, 0.1) is 16.5 Å². The number of benzene rings is 2. The van der Waals surface area contributed by atoms with Gasteiger partial charge < -0.3 is 5.32 Å². The first-order valence-electron chi connectivity index (χ1n) is 5.68. The number of amides is 1. The van der Waals surface area contributed by atoms with Gasteiger partial charge >= 0.3 is 0 Å². The topological polar surface area (TPSA) is 29.1 Å². The minimum absolute atomic E-state index is 0.103. The molecule has 0 aliphatic rings. The lowest BCUT2D eigenvalue weighted by molar-refractivity contribution is -0.113. The zero-order valence-corrected chi connectivity index (χ0v) is 14.1. The van der Waals surface area contributed by atoms with Gasteiger partial charge in [0.25, 0.3) is 0 Å². The fourth-order valence-corrected chi connectivity index (χ4v) is 3.00. The Labute approximate surface area is 140 Å². The Morgan fingerprint density at radius 3 is 2.50 bits per heavy atom. The van der Waals surface area contributed by atoms with E-state index in [4.69, 9.17) is 23.2 Å². The smallest absolute Gasteiger partial charge is 0.234 e. The van der Waals surface area contributed by atoms with Gasteiger partial charge in [-0.2, -0.15) is 0 Å². The van der Waals surface area contributed by atoms with Crippen LogP contribution in [0.25, 0.3) is 0 Å². The van der Waals surface area contributed by atoms with Crippen LogP contribution in [0, 0.1) is 0 Å². The van der Waals surface area contributed by atoms with Crippen molar-refractivity contribution in [2.24, 2.45) is 0 Å². The number of nitrogens with one attached hydrogen (secondary N) is 1. The van der Waals surface area contributed by atoms with E-state index in [2.05, 4.69) is 21.2 Å². The maximum absolute atomic E-state index is 11.9. The monoisotopic (exact) mass is 389 g/mol. The molecule has 2 aromatic carbocycles. The standard InChI is InChI=1S/C14H10BrCl2NOS/c15-9-1-6-13(12(17)7-9)18-14(19)8-20-11-4-2-10(16)3-5-11/h1-7H,8H2,(H,18,19). The number of rotatable bonds is 4. The second-order valence-corrected chi connectivity index (χ2v) is 6.72. The van der Waals surface area contributed by atoms with E-state index in [-0.39, 0.29) is 5.91 Å². The molecule has 1 amide bonds. The Balaban J connectivity index is 1.90. The lowest BCUT2D eigenvalue weighted by atomic mass is 10.3. The maximum atomic E-state index is 11.9. The summed E-state index contributed by atoms with van der Waals surface area (Å²) in [6.45, 7) is 0. The van der Waals surface area contributed by atoms with Crippen LogP contribution < -0.4 is 5.32 Å². The SMILES string of the molecule is O=C(CSc1ccc(Cl)cc1)Nc1ccc(Br)cc1Cl. The van der Waals surface area contributed by atoms with Crippen molar-refractivity contribution in [1.29, 1.82) is 0 Å². The van der Waals surface area contributed by atoms with Crippen LogP contribution in [0.5, 0.6) is 0 Å². The number of anilines is 1. The molecule has 0 radical (unpaired) electrons. The number of thioether (sulfide) groups is 1. The first kappa shape index (κ1) is 15.7. The van der Waals surface area contributed by atoms with E-state index in [0.717, 1.165) is 9.37 Å². The molecule has 2 aromatic rings. The second-order valence-electron chi connectivity index (χ2n) is 3.91. The number of carbonyl (C=O) groups is 1. The Bertz CT molecular complexity index is 619. The molecule has 0 bridgehead atoms. The van der Waals surface area contributed by atoms with Crippen LogP contribution in [0.15, 0.2) is 51.8 Å². The summed E-state index contributed by atoms with van der Waals surface area (Å²) >= 11 is 16.6. The molecule has 0 atom stereocenters. The average molecular weight is 391 g/mol. The molecule has 1 N–H and O–H groups in total. The maximum Gasteiger partial charge on any atom is 0.234 e. The first-order valence-corrected chi connectivity index (χ1v) is 8.21. The lowest BCUT2D eigenvalue weighted by Crippen LogP contribution is -2.14. The molecule has 0 saturated heterocycles. The predicted molar refractivity (Wildman–Crippen MR) is 90.0 cm³/mol. The van der Waals surface area contributed by atoms with E-state index in [1.807, 2.05) is 18.2 Å². The molecule has 2 rings (SSSR count). The molecular weight excluding hydrogens is 381 g/mol. The highest BCUT2D eigenvalue weighted by Crippen LogP contribution is 2.26. The average Bonchev–Trinajstić information content (AvgIpc) is 2.41. The van der Waals surface area contributed by atoms with E-state index in [9.17, 15) is 4.79 Å². The van der Waals surface area contributed by atoms with Crippen molar-refractivity contribution in [3.05, 3.63) is 57.0 Å². The number of hydrogen-bond donors (Lipinski definition) is 1. The molecule has 0 aromatic heterocycles. The van der Waals surface area contributed by atoms with Crippen molar-refractivity contribution in [3.63, 3.8) is 0 Å². The Morgan fingerprint density at radius 2 is 1.85 bits per heavy atom. The molecule has 0 saturated carbocycles. The van der Waals surface area contributed by atoms with E-state index >= 15 is 0 Å². The lowest BCUT2D eigenvalue weighted by Gasteiger charge is -2.07. The third-order valence-corrected chi connectivity index (χ3v) is 4.46. The Morgan fingerprint density at radius 1 is 1.15 bits per heavy atom. The quantitative estimate of drug-likeness (QED) is 0.699. The summed E-state index contributed by atoms with van der Waals surface area (Å²) < 4.78 is 0.871. The van der Waals surface area contributed by atoms with Gasteiger partial charge in [-0.05, 0) is 42.5 Å². The van der Waals surface area contributed by atoms with Crippen LogP contribution in [0.3, 0.4) is 0 Å². The summed E-state index contributed by atoms with van der Waals surface area (Å²) in [4.78, 5) is 12.9. The fourth-order valence-electron chi connectivity index (χ4n) is 1.46. The minimum atomic E-state index is -0.103. The van der Waals surface area contributed by atoms with E-state index in [1.165, 1.54) is 11.8 Å². The first-order chi connectivity index (χ1) is 9.54. The molecule has 0 aliphatic carbocycles. The van der Waals surface area contributed by atoms with Crippen molar-refractivity contribution >= 4 is 62.5 Å². The van der Waals surface area contributed by atoms with E-state index < -0.39 is 0 Å². The van der Waals surface area contributed by atoms with Gasteiger partial charge in [-0.1, -0.05) is 39.1 Å². The Hall–Kier alpha value is -0.680. The van der Waals surface area contributed by atoms with Crippen molar-refractivity contribution in [2.45, 2.75) is 4.90 Å². The van der Waals surface area contributed by atoms with Crippen LogP contribution in [0.1, 0.15) is 0 Å². The number of hydrogen-bond acceptors (Lipinski definition) is 2. The van der Waals surface area contributed by atoms with Crippen LogP contribution >= 0.6 is 50.9 Å². The molecule has 0 fully saturated rings. The van der Waals surface area contributed by atoms with Crippen LogP contribution in [0.2, 0.25) is 10.0 Å². The zero-order chi connectivity index (χ0) is 14.5. The molecular formula is C14H10BrCl2NOS. The van der Waals surface area contributed by atoms with Crippen LogP contribution in [-0.4, -0.2) is 11.7 Å². The van der Waals surface area contributed by atoms with Crippen LogP contribution in [-0.2, 0) is 4.79 Å². The summed E-state index contributed by atoms with van der Waals surface area (Å²) in [5.41, 5.74) is 0.608. The van der Waals surface area contributed by atoms with Gasteiger partial charge in [-0.25, -0.2) is 0 Å². The zero-order valence-electron chi connectivity index (χ0n) is 10.2. The largest absolute Gasteiger partial charge is 0.324 e.